The standard InChI is InChI=1S/C11H16N4O/c1-15-7-8(6-14-15)5-13-11(16)9-2-3-10(12)4-9/h2-3,6-7,9-10H,4-5,12H2,1H3,(H,13,16). The average molecular weight is 220 g/mol. The van der Waals surface area contributed by atoms with Gasteiger partial charge in [0.25, 0.3) is 0 Å². The zero-order chi connectivity index (χ0) is 11.5. The van der Waals surface area contributed by atoms with E-state index >= 15 is 0 Å². The number of amides is 1. The van der Waals surface area contributed by atoms with Crippen LogP contribution in [0.5, 0.6) is 0 Å². The normalized spacial score (nSPS) is 23.6. The first-order valence-electron chi connectivity index (χ1n) is 5.34. The van der Waals surface area contributed by atoms with Crippen LogP contribution in [0.25, 0.3) is 0 Å². The Bertz CT molecular complexity index is 410. The highest BCUT2D eigenvalue weighted by Crippen LogP contribution is 2.16. The second-order valence-corrected chi connectivity index (χ2v) is 4.13. The minimum atomic E-state index is -0.0772. The molecule has 3 N–H and O–H groups in total. The molecule has 1 heterocycles. The van der Waals surface area contributed by atoms with E-state index in [1.807, 2.05) is 25.4 Å². The molecular formula is C11H16N4O. The smallest absolute Gasteiger partial charge is 0.227 e. The predicted molar refractivity (Wildman–Crippen MR) is 60.3 cm³/mol. The number of hydrogen-bond acceptors (Lipinski definition) is 3. The van der Waals surface area contributed by atoms with Crippen molar-refractivity contribution in [3.63, 3.8) is 0 Å². The molecule has 0 aliphatic heterocycles. The van der Waals surface area contributed by atoms with Crippen molar-refractivity contribution in [3.8, 4) is 0 Å². The van der Waals surface area contributed by atoms with Crippen molar-refractivity contribution in [2.45, 2.75) is 19.0 Å². The molecule has 0 spiro atoms. The molecule has 1 aliphatic carbocycles. The van der Waals surface area contributed by atoms with Gasteiger partial charge in [0.1, 0.15) is 0 Å². The third-order valence-corrected chi connectivity index (χ3v) is 2.68. The lowest BCUT2D eigenvalue weighted by atomic mass is 10.1. The van der Waals surface area contributed by atoms with Crippen molar-refractivity contribution in [3.05, 3.63) is 30.1 Å². The molecule has 0 radical (unpaired) electrons. The number of nitrogens with zero attached hydrogens (tertiary/aromatic N) is 2. The average Bonchev–Trinajstić information content (AvgIpc) is 2.84. The summed E-state index contributed by atoms with van der Waals surface area (Å²) in [4.78, 5) is 11.7. The summed E-state index contributed by atoms with van der Waals surface area (Å²) < 4.78 is 1.72. The first-order valence-corrected chi connectivity index (χ1v) is 5.34. The van der Waals surface area contributed by atoms with Crippen LogP contribution in [0.15, 0.2) is 24.5 Å². The first kappa shape index (κ1) is 10.9. The maximum absolute atomic E-state index is 11.7. The summed E-state index contributed by atoms with van der Waals surface area (Å²) in [7, 11) is 1.85. The molecule has 5 nitrogen and oxygen atoms in total. The van der Waals surface area contributed by atoms with Gasteiger partial charge in [-0.2, -0.15) is 5.10 Å². The Kier molecular flexibility index (Phi) is 3.05. The molecule has 0 saturated heterocycles. The van der Waals surface area contributed by atoms with Gasteiger partial charge in [-0.25, -0.2) is 0 Å². The minimum absolute atomic E-state index is 0.0224. The number of aromatic nitrogens is 2. The molecule has 16 heavy (non-hydrogen) atoms. The van der Waals surface area contributed by atoms with Crippen LogP contribution in [0, 0.1) is 5.92 Å². The molecule has 1 aromatic heterocycles. The number of nitrogens with two attached hydrogens (primary N) is 1. The van der Waals surface area contributed by atoms with E-state index in [1.165, 1.54) is 0 Å². The quantitative estimate of drug-likeness (QED) is 0.701. The van der Waals surface area contributed by atoms with Gasteiger partial charge in [0.2, 0.25) is 5.91 Å². The fourth-order valence-electron chi connectivity index (χ4n) is 1.81. The third-order valence-electron chi connectivity index (χ3n) is 2.68. The van der Waals surface area contributed by atoms with E-state index in [0.717, 1.165) is 5.56 Å². The van der Waals surface area contributed by atoms with Crippen LogP contribution < -0.4 is 11.1 Å². The minimum Gasteiger partial charge on any atom is -0.351 e. The lowest BCUT2D eigenvalue weighted by molar-refractivity contribution is -0.123. The van der Waals surface area contributed by atoms with E-state index in [2.05, 4.69) is 10.4 Å². The highest BCUT2D eigenvalue weighted by atomic mass is 16.1. The molecule has 1 aromatic rings. The van der Waals surface area contributed by atoms with Crippen LogP contribution in [0.3, 0.4) is 0 Å². The summed E-state index contributed by atoms with van der Waals surface area (Å²) in [5.41, 5.74) is 6.70. The van der Waals surface area contributed by atoms with Crippen LogP contribution in [0.1, 0.15) is 12.0 Å². The number of aryl methyl sites for hydroxylation is 1. The van der Waals surface area contributed by atoms with E-state index in [4.69, 9.17) is 5.73 Å². The van der Waals surface area contributed by atoms with E-state index in [-0.39, 0.29) is 17.9 Å². The lowest BCUT2D eigenvalue weighted by Gasteiger charge is -2.09. The van der Waals surface area contributed by atoms with E-state index in [1.54, 1.807) is 10.9 Å². The summed E-state index contributed by atoms with van der Waals surface area (Å²) >= 11 is 0. The van der Waals surface area contributed by atoms with Gasteiger partial charge in [-0.05, 0) is 6.42 Å². The van der Waals surface area contributed by atoms with Crippen molar-refractivity contribution in [2.24, 2.45) is 18.7 Å². The summed E-state index contributed by atoms with van der Waals surface area (Å²) in [6, 6.07) is 0.0224. The largest absolute Gasteiger partial charge is 0.351 e. The highest BCUT2D eigenvalue weighted by Gasteiger charge is 2.22. The van der Waals surface area contributed by atoms with Gasteiger partial charge in [0, 0.05) is 31.4 Å². The fraction of sp³-hybridized carbons (Fsp3) is 0.455. The number of carbonyl (C=O) groups excluding carboxylic acids is 1. The fourth-order valence-corrected chi connectivity index (χ4v) is 1.81. The molecule has 0 fully saturated rings. The monoisotopic (exact) mass is 220 g/mol. The van der Waals surface area contributed by atoms with Crippen LogP contribution in [-0.4, -0.2) is 21.7 Å². The Labute approximate surface area is 94.3 Å². The zero-order valence-electron chi connectivity index (χ0n) is 9.26. The molecule has 2 atom stereocenters. The van der Waals surface area contributed by atoms with E-state index < -0.39 is 0 Å². The number of carbonyl (C=O) groups is 1. The van der Waals surface area contributed by atoms with Gasteiger partial charge < -0.3 is 11.1 Å². The van der Waals surface area contributed by atoms with Crippen LogP contribution in [0.2, 0.25) is 0 Å². The molecule has 0 saturated carbocycles. The Balaban J connectivity index is 1.82. The van der Waals surface area contributed by atoms with Crippen molar-refractivity contribution in [1.29, 1.82) is 0 Å². The van der Waals surface area contributed by atoms with E-state index in [0.29, 0.717) is 13.0 Å². The molecule has 0 aromatic carbocycles. The molecule has 1 amide bonds. The van der Waals surface area contributed by atoms with E-state index in [9.17, 15) is 4.79 Å². The highest BCUT2D eigenvalue weighted by molar-refractivity contribution is 5.81. The van der Waals surface area contributed by atoms with Crippen LogP contribution >= 0.6 is 0 Å². The summed E-state index contributed by atoms with van der Waals surface area (Å²) in [6.07, 6.45) is 8.10. The van der Waals surface area contributed by atoms with Crippen molar-refractivity contribution >= 4 is 5.91 Å². The Morgan fingerprint density at radius 3 is 3.06 bits per heavy atom. The van der Waals surface area contributed by atoms with Gasteiger partial charge in [-0.3, -0.25) is 9.48 Å². The molecule has 1 aliphatic rings. The Hall–Kier alpha value is -1.62. The van der Waals surface area contributed by atoms with Gasteiger partial charge >= 0.3 is 0 Å². The molecule has 5 heteroatoms. The first-order chi connectivity index (χ1) is 7.65. The Morgan fingerprint density at radius 2 is 2.50 bits per heavy atom. The van der Waals surface area contributed by atoms with Gasteiger partial charge in [-0.1, -0.05) is 12.2 Å². The number of nitrogens with one attached hydrogen (secondary N) is 1. The topological polar surface area (TPSA) is 72.9 Å². The molecule has 86 valence electrons. The van der Waals surface area contributed by atoms with Gasteiger partial charge in [-0.15, -0.1) is 0 Å². The van der Waals surface area contributed by atoms with Crippen molar-refractivity contribution in [2.75, 3.05) is 0 Å². The Morgan fingerprint density at radius 1 is 1.69 bits per heavy atom. The number of rotatable bonds is 3. The summed E-state index contributed by atoms with van der Waals surface area (Å²) in [5, 5.41) is 6.91. The SMILES string of the molecule is Cn1cc(CNC(=O)C2C=CC(N)C2)cn1. The molecular weight excluding hydrogens is 204 g/mol. The van der Waals surface area contributed by atoms with Crippen molar-refractivity contribution in [1.82, 2.24) is 15.1 Å². The molecule has 0 bridgehead atoms. The summed E-state index contributed by atoms with van der Waals surface area (Å²) in [6.45, 7) is 0.520. The van der Waals surface area contributed by atoms with Gasteiger partial charge in [0.05, 0.1) is 12.1 Å². The summed E-state index contributed by atoms with van der Waals surface area (Å²) in [5.74, 6) is -0.0419. The second kappa shape index (κ2) is 4.49. The third kappa shape index (κ3) is 2.49. The van der Waals surface area contributed by atoms with Crippen molar-refractivity contribution < 1.29 is 4.79 Å². The van der Waals surface area contributed by atoms with Crippen LogP contribution in [0.4, 0.5) is 0 Å². The van der Waals surface area contributed by atoms with Crippen LogP contribution in [-0.2, 0) is 18.4 Å². The maximum atomic E-state index is 11.7. The second-order valence-electron chi connectivity index (χ2n) is 4.13. The zero-order valence-corrected chi connectivity index (χ0v) is 9.26. The predicted octanol–water partition coefficient (Wildman–Crippen LogP) is -0.0603. The molecule has 2 unspecified atom stereocenters. The lowest BCUT2D eigenvalue weighted by Crippen LogP contribution is -2.30. The van der Waals surface area contributed by atoms with Gasteiger partial charge in [0.15, 0.2) is 0 Å². The maximum Gasteiger partial charge on any atom is 0.227 e. The molecule has 2 rings (SSSR count). The number of hydrogen-bond donors (Lipinski definition) is 2.